The molecule has 0 aliphatic heterocycles. The number of nitrogens with one attached hydrogen (secondary N) is 1. The number of nitrogens with zero attached hydrogens (tertiary/aromatic N) is 1. The van der Waals surface area contributed by atoms with E-state index in [1.165, 1.54) is 109 Å². The van der Waals surface area contributed by atoms with Gasteiger partial charge in [0.2, 0.25) is 5.91 Å². The average Bonchev–Trinajstić information content (AvgIpc) is 3.49. The Morgan fingerprint density at radius 2 is 0.718 bits per heavy atom. The normalized spacial score (nSPS) is 14.7. The summed E-state index contributed by atoms with van der Waals surface area (Å²) in [5.74, 6) is -0.211. The van der Waals surface area contributed by atoms with E-state index in [0.717, 1.165) is 135 Å². The number of allylic oxidation sites excluding steroid dienone is 25. The lowest BCUT2D eigenvalue weighted by Gasteiger charge is -2.25. The number of carbonyl (C=O) groups is 1. The Bertz CT molecular complexity index is 1940. The summed E-state index contributed by atoms with van der Waals surface area (Å²) < 4.78 is 23.8. The van der Waals surface area contributed by atoms with Gasteiger partial charge in [0.1, 0.15) is 13.2 Å². The third-order valence-corrected chi connectivity index (χ3v) is 15.4. The summed E-state index contributed by atoms with van der Waals surface area (Å²) in [6, 6.07) is -0.892. The number of aliphatic hydroxyl groups is 1. The second-order valence-corrected chi connectivity index (χ2v) is 25.3. The number of hydrogen-bond donors (Lipinski definition) is 3. The van der Waals surface area contributed by atoms with Gasteiger partial charge in [0.05, 0.1) is 39.9 Å². The number of hydrogen-bond acceptors (Lipinski definition) is 5. The molecular weight excluding hydrogens is 1070 g/mol. The largest absolute Gasteiger partial charge is 0.472 e. The predicted octanol–water partition coefficient (Wildman–Crippen LogP) is 22.2. The molecule has 1 amide bonds. The summed E-state index contributed by atoms with van der Waals surface area (Å²) in [4.78, 5) is 23.4. The van der Waals surface area contributed by atoms with Gasteiger partial charge in [0, 0.05) is 6.42 Å². The van der Waals surface area contributed by atoms with Crippen molar-refractivity contribution in [1.82, 2.24) is 5.32 Å². The van der Waals surface area contributed by atoms with E-state index in [4.69, 9.17) is 9.05 Å². The standard InChI is InChI=1S/C76H129N2O6P/c1-6-8-10-12-14-16-18-20-22-24-26-28-30-32-34-35-36-37-38-39-40-41-42-43-44-46-48-50-52-54-56-58-60-62-64-66-68-70-76(80)77-74(73-84-85(81,82)83-72-71-78(3,4)5)75(79)69-67-65-63-61-59-57-55-53-51-49-47-45-33-31-29-27-25-23-21-19-17-15-13-11-9-7-2/h8,10,14,16,20,22,26,28,32,34,36-37,39-40,42-43,46,48,51-54,59,61,67,69,74-75,79H,6-7,9,11-13,15,17-19,21,23-25,27,29-31,33,35,38,41,44-45,47,49-50,55-58,60,62-66,68,70-73H2,1-5H3,(H-,77,80,81,82)/p+1/b10-8-,16-14-,22-20-,28-26-,34-32-,37-36-,40-39-,43-42-,48-46-,53-51+,54-52-,61-59+,69-67+. The zero-order valence-electron chi connectivity index (χ0n) is 55.3. The molecule has 8 nitrogen and oxygen atoms in total. The lowest BCUT2D eigenvalue weighted by Crippen LogP contribution is -2.45. The monoisotopic (exact) mass is 1200 g/mol. The van der Waals surface area contributed by atoms with Crippen LogP contribution < -0.4 is 5.32 Å². The molecular formula is C76H130N2O6P+. The van der Waals surface area contributed by atoms with Crippen molar-refractivity contribution in [1.29, 1.82) is 0 Å². The molecule has 3 atom stereocenters. The summed E-state index contributed by atoms with van der Waals surface area (Å²) in [6.45, 7) is 4.66. The summed E-state index contributed by atoms with van der Waals surface area (Å²) in [5, 5.41) is 14.0. The maximum absolute atomic E-state index is 13.0. The SMILES string of the molecule is CC/C=C\C/C=C\C/C=C\C/C=C\C/C=C\C/C=C\C/C=C\C/C=C\C/C=C\C/C=C\CCCCCCCCC(=O)NC(COP(=O)(O)OCC[N+](C)(C)C)C(O)/C=C/CC/C=C/CC/C=C/CCCCCCCCCCCCCCCCCC. The van der Waals surface area contributed by atoms with Crippen LogP contribution in [0.15, 0.2) is 158 Å². The van der Waals surface area contributed by atoms with Crippen LogP contribution >= 0.6 is 7.82 Å². The van der Waals surface area contributed by atoms with E-state index in [1.54, 1.807) is 6.08 Å². The Kier molecular flexibility index (Phi) is 61.6. The number of rotatable bonds is 61. The maximum atomic E-state index is 13.0. The minimum atomic E-state index is -4.38. The number of quaternary nitrogens is 1. The minimum Gasteiger partial charge on any atom is -0.387 e. The quantitative estimate of drug-likeness (QED) is 0.0243. The number of likely N-dealkylation sites (N-methyl/N-ethyl adjacent to an activating group) is 1. The summed E-state index contributed by atoms with van der Waals surface area (Å²) >= 11 is 0. The molecule has 3 N–H and O–H groups in total. The van der Waals surface area contributed by atoms with Crippen LogP contribution in [-0.4, -0.2) is 73.4 Å². The number of phosphoric acid groups is 1. The van der Waals surface area contributed by atoms with Gasteiger partial charge in [-0.1, -0.05) is 294 Å². The third-order valence-electron chi connectivity index (χ3n) is 14.5. The fraction of sp³-hybridized carbons (Fsp3) is 0.645. The molecule has 0 fully saturated rings. The van der Waals surface area contributed by atoms with Crippen molar-refractivity contribution in [2.45, 2.75) is 276 Å². The lowest BCUT2D eigenvalue weighted by atomic mass is 10.0. The molecule has 85 heavy (non-hydrogen) atoms. The third kappa shape index (κ3) is 67.5. The van der Waals surface area contributed by atoms with Gasteiger partial charge in [0.15, 0.2) is 0 Å². The molecule has 0 aliphatic carbocycles. The van der Waals surface area contributed by atoms with E-state index in [0.29, 0.717) is 17.4 Å². The molecule has 484 valence electrons. The van der Waals surface area contributed by atoms with E-state index < -0.39 is 20.0 Å². The molecule has 3 unspecified atom stereocenters. The van der Waals surface area contributed by atoms with E-state index in [2.05, 4.69) is 165 Å². The van der Waals surface area contributed by atoms with Gasteiger partial charge >= 0.3 is 7.82 Å². The van der Waals surface area contributed by atoms with Crippen molar-refractivity contribution in [3.8, 4) is 0 Å². The van der Waals surface area contributed by atoms with Crippen LogP contribution in [-0.2, 0) is 18.4 Å². The molecule has 0 aromatic heterocycles. The van der Waals surface area contributed by atoms with Gasteiger partial charge in [-0.05, 0) is 122 Å². The summed E-state index contributed by atoms with van der Waals surface area (Å²) in [6.07, 6.45) is 101. The van der Waals surface area contributed by atoms with Crippen LogP contribution in [0.1, 0.15) is 264 Å². The van der Waals surface area contributed by atoms with E-state index in [1.807, 2.05) is 27.2 Å². The Hall–Kier alpha value is -3.88. The molecule has 0 aromatic rings. The molecule has 0 saturated carbocycles. The van der Waals surface area contributed by atoms with Gasteiger partial charge in [-0.25, -0.2) is 4.57 Å². The second-order valence-electron chi connectivity index (χ2n) is 23.8. The molecule has 0 heterocycles. The maximum Gasteiger partial charge on any atom is 0.472 e. The van der Waals surface area contributed by atoms with Gasteiger partial charge in [-0.3, -0.25) is 13.8 Å². The lowest BCUT2D eigenvalue weighted by molar-refractivity contribution is -0.870. The van der Waals surface area contributed by atoms with E-state index in [-0.39, 0.29) is 19.1 Å². The van der Waals surface area contributed by atoms with Crippen LogP contribution in [0.4, 0.5) is 0 Å². The minimum absolute atomic E-state index is 0.0419. The smallest absolute Gasteiger partial charge is 0.387 e. The van der Waals surface area contributed by atoms with Gasteiger partial charge < -0.3 is 19.8 Å². The number of phosphoric ester groups is 1. The average molecular weight is 1200 g/mol. The van der Waals surface area contributed by atoms with E-state index in [9.17, 15) is 19.4 Å². The molecule has 0 saturated heterocycles. The molecule has 0 spiro atoms. The topological polar surface area (TPSA) is 105 Å². The first-order valence-electron chi connectivity index (χ1n) is 34.4. The van der Waals surface area contributed by atoms with Crippen molar-refractivity contribution >= 4 is 13.7 Å². The second kappa shape index (κ2) is 64.6. The Labute approximate surface area is 524 Å². The molecule has 0 rings (SSSR count). The van der Waals surface area contributed by atoms with Crippen LogP contribution in [0.2, 0.25) is 0 Å². The van der Waals surface area contributed by atoms with Crippen molar-refractivity contribution < 1.29 is 32.9 Å². The number of unbranched alkanes of at least 4 members (excludes halogenated alkanes) is 24. The molecule has 0 aromatic carbocycles. The zero-order chi connectivity index (χ0) is 61.9. The summed E-state index contributed by atoms with van der Waals surface area (Å²) in [7, 11) is 1.52. The molecule has 9 heteroatoms. The Balaban J connectivity index is 4.26. The van der Waals surface area contributed by atoms with Gasteiger partial charge in [0.25, 0.3) is 0 Å². The molecule has 0 radical (unpaired) electrons. The Morgan fingerprint density at radius 3 is 1.08 bits per heavy atom. The fourth-order valence-electron chi connectivity index (χ4n) is 9.16. The first-order chi connectivity index (χ1) is 41.5. The molecule has 0 bridgehead atoms. The number of aliphatic hydroxyl groups excluding tert-OH is 1. The fourth-order valence-corrected chi connectivity index (χ4v) is 9.90. The van der Waals surface area contributed by atoms with Crippen LogP contribution in [0, 0.1) is 0 Å². The highest BCUT2D eigenvalue weighted by atomic mass is 31.2. The molecule has 0 aliphatic rings. The zero-order valence-corrected chi connectivity index (χ0v) is 56.2. The predicted molar refractivity (Wildman–Crippen MR) is 373 cm³/mol. The number of amides is 1. The Morgan fingerprint density at radius 1 is 0.412 bits per heavy atom. The van der Waals surface area contributed by atoms with Crippen molar-refractivity contribution in [3.63, 3.8) is 0 Å². The summed E-state index contributed by atoms with van der Waals surface area (Å²) in [5.41, 5.74) is 0. The number of carbonyl (C=O) groups excluding carboxylic acids is 1. The van der Waals surface area contributed by atoms with Crippen LogP contribution in [0.5, 0.6) is 0 Å². The first kappa shape index (κ1) is 81.1. The van der Waals surface area contributed by atoms with Crippen molar-refractivity contribution in [2.75, 3.05) is 40.9 Å². The highest BCUT2D eigenvalue weighted by Gasteiger charge is 2.27. The highest BCUT2D eigenvalue weighted by Crippen LogP contribution is 2.43. The highest BCUT2D eigenvalue weighted by molar-refractivity contribution is 7.47. The van der Waals surface area contributed by atoms with Gasteiger partial charge in [-0.2, -0.15) is 0 Å². The van der Waals surface area contributed by atoms with Gasteiger partial charge in [-0.15, -0.1) is 0 Å². The van der Waals surface area contributed by atoms with Crippen LogP contribution in [0.3, 0.4) is 0 Å². The van der Waals surface area contributed by atoms with E-state index >= 15 is 0 Å². The van der Waals surface area contributed by atoms with Crippen molar-refractivity contribution in [2.24, 2.45) is 0 Å². The van der Waals surface area contributed by atoms with Crippen LogP contribution in [0.25, 0.3) is 0 Å². The first-order valence-corrected chi connectivity index (χ1v) is 35.9. The van der Waals surface area contributed by atoms with Crippen molar-refractivity contribution in [3.05, 3.63) is 158 Å².